The van der Waals surface area contributed by atoms with E-state index in [4.69, 9.17) is 4.74 Å². The van der Waals surface area contributed by atoms with E-state index in [1.165, 1.54) is 23.1 Å². The Bertz CT molecular complexity index is 833. The molecule has 2 aromatic carbocycles. The third kappa shape index (κ3) is 3.32. The molecule has 0 N–H and O–H groups in total. The quantitative estimate of drug-likeness (QED) is 0.633. The van der Waals surface area contributed by atoms with E-state index < -0.39 is 17.7 Å². The molecule has 1 aliphatic rings. The van der Waals surface area contributed by atoms with Gasteiger partial charge in [0.1, 0.15) is 6.61 Å². The van der Waals surface area contributed by atoms with Gasteiger partial charge in [-0.3, -0.25) is 9.69 Å². The fourth-order valence-corrected chi connectivity index (χ4v) is 2.34. The Morgan fingerprint density at radius 3 is 2.67 bits per heavy atom. The summed E-state index contributed by atoms with van der Waals surface area (Å²) < 4.78 is 30.9. The number of hydrogen-bond donors (Lipinski definition) is 0. The van der Waals surface area contributed by atoms with Crippen LogP contribution in [0, 0.1) is 11.6 Å². The molecule has 1 fully saturated rings. The zero-order valence-electron chi connectivity index (χ0n) is 12.5. The molecular formula is C18H13F2NO3. The molecule has 0 aromatic heterocycles. The smallest absolute Gasteiger partial charge is 0.414 e. The first kappa shape index (κ1) is 15.9. The van der Waals surface area contributed by atoms with Crippen molar-refractivity contribution in [1.82, 2.24) is 0 Å². The van der Waals surface area contributed by atoms with E-state index in [1.54, 1.807) is 24.3 Å². The molecule has 0 radical (unpaired) electrons. The van der Waals surface area contributed by atoms with Crippen LogP contribution in [0.15, 0.2) is 48.5 Å². The van der Waals surface area contributed by atoms with Gasteiger partial charge in [0.2, 0.25) is 0 Å². The molecule has 0 saturated carbocycles. The molecule has 0 spiro atoms. The van der Waals surface area contributed by atoms with Gasteiger partial charge >= 0.3 is 6.09 Å². The Morgan fingerprint density at radius 2 is 1.96 bits per heavy atom. The van der Waals surface area contributed by atoms with Gasteiger partial charge in [-0.2, -0.15) is 0 Å². The van der Waals surface area contributed by atoms with Gasteiger partial charge in [0, 0.05) is 11.3 Å². The number of hydrogen-bond acceptors (Lipinski definition) is 3. The number of ketones is 1. The van der Waals surface area contributed by atoms with E-state index in [0.29, 0.717) is 30.0 Å². The number of cyclic esters (lactones) is 1. The summed E-state index contributed by atoms with van der Waals surface area (Å²) in [4.78, 5) is 25.2. The molecule has 1 saturated heterocycles. The number of amides is 1. The van der Waals surface area contributed by atoms with Crippen molar-refractivity contribution >= 4 is 23.6 Å². The van der Waals surface area contributed by atoms with E-state index >= 15 is 0 Å². The van der Waals surface area contributed by atoms with Gasteiger partial charge in [0.15, 0.2) is 17.4 Å². The van der Waals surface area contributed by atoms with Crippen molar-refractivity contribution in [3.05, 3.63) is 71.3 Å². The summed E-state index contributed by atoms with van der Waals surface area (Å²) in [5.74, 6) is -2.23. The van der Waals surface area contributed by atoms with Gasteiger partial charge in [-0.15, -0.1) is 0 Å². The monoisotopic (exact) mass is 329 g/mol. The van der Waals surface area contributed by atoms with Crippen LogP contribution in [0.4, 0.5) is 19.3 Å². The third-order valence-corrected chi connectivity index (χ3v) is 3.57. The van der Waals surface area contributed by atoms with Crippen LogP contribution in [0.1, 0.15) is 15.9 Å². The Morgan fingerprint density at radius 1 is 1.12 bits per heavy atom. The highest BCUT2D eigenvalue weighted by atomic mass is 19.2. The molecule has 3 rings (SSSR count). The molecule has 0 atom stereocenters. The summed E-state index contributed by atoms with van der Waals surface area (Å²) in [6.45, 7) is 0.744. The molecule has 1 amide bonds. The molecule has 0 bridgehead atoms. The summed E-state index contributed by atoms with van der Waals surface area (Å²) in [5.41, 5.74) is 1.33. The minimum atomic E-state index is -0.973. The number of allylic oxidation sites excluding steroid dienone is 1. The van der Waals surface area contributed by atoms with Crippen LogP contribution in [0.25, 0.3) is 6.08 Å². The number of ether oxygens (including phenoxy) is 1. The van der Waals surface area contributed by atoms with E-state index in [0.717, 1.165) is 12.1 Å². The van der Waals surface area contributed by atoms with E-state index in [2.05, 4.69) is 0 Å². The van der Waals surface area contributed by atoms with Gasteiger partial charge in [0.05, 0.1) is 6.54 Å². The second-order valence-corrected chi connectivity index (χ2v) is 5.19. The molecule has 24 heavy (non-hydrogen) atoms. The lowest BCUT2D eigenvalue weighted by molar-refractivity contribution is 0.104. The van der Waals surface area contributed by atoms with Crippen LogP contribution in [-0.2, 0) is 4.74 Å². The van der Waals surface area contributed by atoms with Crippen LogP contribution in [0.5, 0.6) is 0 Å². The van der Waals surface area contributed by atoms with Crippen molar-refractivity contribution in [2.45, 2.75) is 0 Å². The largest absolute Gasteiger partial charge is 0.447 e. The SMILES string of the molecule is O=C(/C=C/c1ccc(F)c(F)c1)c1cccc(N2CCOC2=O)c1. The van der Waals surface area contributed by atoms with Crippen LogP contribution < -0.4 is 4.90 Å². The van der Waals surface area contributed by atoms with Crippen molar-refractivity contribution in [2.24, 2.45) is 0 Å². The Labute approximate surface area is 137 Å². The van der Waals surface area contributed by atoms with Crippen molar-refractivity contribution in [1.29, 1.82) is 0 Å². The van der Waals surface area contributed by atoms with Gasteiger partial charge < -0.3 is 4.74 Å². The number of carbonyl (C=O) groups excluding carboxylic acids is 2. The molecule has 0 aliphatic carbocycles. The highest BCUT2D eigenvalue weighted by Crippen LogP contribution is 2.20. The highest BCUT2D eigenvalue weighted by molar-refractivity contribution is 6.07. The second kappa shape index (κ2) is 6.62. The minimum absolute atomic E-state index is 0.311. The lowest BCUT2D eigenvalue weighted by Crippen LogP contribution is -2.23. The predicted molar refractivity (Wildman–Crippen MR) is 84.9 cm³/mol. The maximum atomic E-state index is 13.1. The molecule has 2 aromatic rings. The Balaban J connectivity index is 1.78. The van der Waals surface area contributed by atoms with Gasteiger partial charge in [-0.05, 0) is 35.9 Å². The Hall–Kier alpha value is -3.02. The van der Waals surface area contributed by atoms with Crippen molar-refractivity contribution < 1.29 is 23.1 Å². The Kier molecular flexibility index (Phi) is 4.37. The number of rotatable bonds is 4. The molecule has 122 valence electrons. The molecule has 1 heterocycles. The highest BCUT2D eigenvalue weighted by Gasteiger charge is 2.23. The van der Waals surface area contributed by atoms with E-state index in [-0.39, 0.29) is 5.78 Å². The third-order valence-electron chi connectivity index (χ3n) is 3.57. The summed E-state index contributed by atoms with van der Waals surface area (Å²) in [7, 11) is 0. The summed E-state index contributed by atoms with van der Waals surface area (Å²) in [6.07, 6.45) is 2.23. The van der Waals surface area contributed by atoms with E-state index in [1.807, 2.05) is 0 Å². The van der Waals surface area contributed by atoms with Crippen molar-refractivity contribution in [3.63, 3.8) is 0 Å². The van der Waals surface area contributed by atoms with Crippen molar-refractivity contribution in [3.8, 4) is 0 Å². The number of halogens is 2. The van der Waals surface area contributed by atoms with Crippen LogP contribution in [0.2, 0.25) is 0 Å². The topological polar surface area (TPSA) is 46.6 Å². The number of nitrogens with zero attached hydrogens (tertiary/aromatic N) is 1. The lowest BCUT2D eigenvalue weighted by atomic mass is 10.1. The average molecular weight is 329 g/mol. The fourth-order valence-electron chi connectivity index (χ4n) is 2.34. The zero-order valence-corrected chi connectivity index (χ0v) is 12.5. The lowest BCUT2D eigenvalue weighted by Gasteiger charge is -2.13. The summed E-state index contributed by atoms with van der Waals surface area (Å²) in [5, 5.41) is 0. The van der Waals surface area contributed by atoms with Crippen LogP contribution >= 0.6 is 0 Å². The first-order chi connectivity index (χ1) is 11.5. The number of benzene rings is 2. The van der Waals surface area contributed by atoms with Gasteiger partial charge in [-0.25, -0.2) is 13.6 Å². The molecule has 4 nitrogen and oxygen atoms in total. The van der Waals surface area contributed by atoms with Crippen LogP contribution in [0.3, 0.4) is 0 Å². The first-order valence-electron chi connectivity index (χ1n) is 7.26. The average Bonchev–Trinajstić information content (AvgIpc) is 3.02. The maximum Gasteiger partial charge on any atom is 0.414 e. The normalized spacial score (nSPS) is 14.2. The summed E-state index contributed by atoms with van der Waals surface area (Å²) >= 11 is 0. The second-order valence-electron chi connectivity index (χ2n) is 5.19. The zero-order chi connectivity index (χ0) is 17.1. The van der Waals surface area contributed by atoms with Crippen molar-refractivity contribution in [2.75, 3.05) is 18.1 Å². The summed E-state index contributed by atoms with van der Waals surface area (Å²) in [6, 6.07) is 9.96. The van der Waals surface area contributed by atoms with E-state index in [9.17, 15) is 18.4 Å². The first-order valence-corrected chi connectivity index (χ1v) is 7.26. The van der Waals surface area contributed by atoms with Gasteiger partial charge in [0.25, 0.3) is 0 Å². The molecule has 6 heteroatoms. The molecule has 1 aliphatic heterocycles. The fraction of sp³-hybridized carbons (Fsp3) is 0.111. The molecular weight excluding hydrogens is 316 g/mol. The predicted octanol–water partition coefficient (Wildman–Crippen LogP) is 3.82. The molecule has 0 unspecified atom stereocenters. The number of anilines is 1. The maximum absolute atomic E-state index is 13.1. The number of carbonyl (C=O) groups is 2. The van der Waals surface area contributed by atoms with Crippen LogP contribution in [-0.4, -0.2) is 25.0 Å². The minimum Gasteiger partial charge on any atom is -0.447 e. The standard InChI is InChI=1S/C18H13F2NO3/c19-15-6-4-12(10-16(15)20)5-7-17(22)13-2-1-3-14(11-13)21-8-9-24-18(21)23/h1-7,10-11H,8-9H2/b7-5+. The van der Waals surface area contributed by atoms with Gasteiger partial charge in [-0.1, -0.05) is 24.3 Å².